The number of amides is 1. The van der Waals surface area contributed by atoms with E-state index >= 15 is 0 Å². The molecular formula is C24H25NO4. The molecule has 0 aliphatic rings. The number of hydrogen-bond acceptors (Lipinski definition) is 4. The molecule has 0 atom stereocenters. The van der Waals surface area contributed by atoms with Crippen molar-refractivity contribution in [3.05, 3.63) is 83.9 Å². The van der Waals surface area contributed by atoms with Crippen molar-refractivity contribution in [1.82, 2.24) is 0 Å². The summed E-state index contributed by atoms with van der Waals surface area (Å²) < 4.78 is 16.8. The maximum Gasteiger partial charge on any atom is 0.262 e. The maximum absolute atomic E-state index is 12.1. The van der Waals surface area contributed by atoms with E-state index in [0.29, 0.717) is 30.4 Å². The van der Waals surface area contributed by atoms with E-state index in [-0.39, 0.29) is 12.5 Å². The number of anilines is 1. The topological polar surface area (TPSA) is 56.8 Å². The van der Waals surface area contributed by atoms with Gasteiger partial charge in [0.15, 0.2) is 6.61 Å². The van der Waals surface area contributed by atoms with Crippen LogP contribution in [0.5, 0.6) is 17.2 Å². The van der Waals surface area contributed by atoms with Crippen LogP contribution in [-0.4, -0.2) is 25.7 Å². The quantitative estimate of drug-likeness (QED) is 0.534. The number of carbonyl (C=O) groups excluding carboxylic acids is 1. The summed E-state index contributed by atoms with van der Waals surface area (Å²) in [7, 11) is 0. The lowest BCUT2D eigenvalue weighted by atomic mass is 10.1. The Bertz CT molecular complexity index is 923. The fraction of sp³-hybridized carbons (Fsp3) is 0.208. The number of benzene rings is 3. The summed E-state index contributed by atoms with van der Waals surface area (Å²) in [5.41, 5.74) is 3.01. The van der Waals surface area contributed by atoms with Crippen LogP contribution in [0.4, 0.5) is 5.69 Å². The van der Waals surface area contributed by atoms with Gasteiger partial charge in [-0.1, -0.05) is 24.3 Å². The summed E-state index contributed by atoms with van der Waals surface area (Å²) in [6.45, 7) is 4.90. The molecule has 0 saturated carbocycles. The third-order valence-electron chi connectivity index (χ3n) is 4.35. The highest BCUT2D eigenvalue weighted by atomic mass is 16.5. The Kier molecular flexibility index (Phi) is 7.11. The molecule has 0 bridgehead atoms. The van der Waals surface area contributed by atoms with Gasteiger partial charge in [-0.3, -0.25) is 4.79 Å². The number of para-hydroxylation sites is 1. The zero-order valence-electron chi connectivity index (χ0n) is 16.7. The van der Waals surface area contributed by atoms with E-state index in [2.05, 4.69) is 5.32 Å². The fourth-order valence-corrected chi connectivity index (χ4v) is 2.62. The molecule has 150 valence electrons. The second kappa shape index (κ2) is 10.2. The second-order valence-corrected chi connectivity index (χ2v) is 6.62. The van der Waals surface area contributed by atoms with Gasteiger partial charge in [-0.15, -0.1) is 0 Å². The Morgan fingerprint density at radius 2 is 1.34 bits per heavy atom. The molecule has 0 saturated heterocycles. The SMILES string of the molecule is Cc1ccc(OCC(=O)Nc2ccc(OCCOc3ccccc3)cc2)cc1C. The second-order valence-electron chi connectivity index (χ2n) is 6.62. The van der Waals surface area contributed by atoms with Crippen LogP contribution in [-0.2, 0) is 4.79 Å². The molecular weight excluding hydrogens is 366 g/mol. The first-order chi connectivity index (χ1) is 14.1. The monoisotopic (exact) mass is 391 g/mol. The summed E-state index contributed by atoms with van der Waals surface area (Å²) in [6.07, 6.45) is 0. The van der Waals surface area contributed by atoms with Crippen molar-refractivity contribution in [3.8, 4) is 17.2 Å². The Hall–Kier alpha value is -3.47. The predicted molar refractivity (Wildman–Crippen MR) is 114 cm³/mol. The number of hydrogen-bond donors (Lipinski definition) is 1. The molecule has 0 heterocycles. The minimum Gasteiger partial charge on any atom is -0.490 e. The molecule has 0 fully saturated rings. The Morgan fingerprint density at radius 3 is 2.00 bits per heavy atom. The molecule has 0 radical (unpaired) electrons. The molecule has 5 heteroatoms. The zero-order valence-corrected chi connectivity index (χ0v) is 16.7. The lowest BCUT2D eigenvalue weighted by molar-refractivity contribution is -0.118. The smallest absolute Gasteiger partial charge is 0.262 e. The van der Waals surface area contributed by atoms with Crippen LogP contribution < -0.4 is 19.5 Å². The van der Waals surface area contributed by atoms with Crippen molar-refractivity contribution in [2.24, 2.45) is 0 Å². The summed E-state index contributed by atoms with van der Waals surface area (Å²) in [5.74, 6) is 2.00. The fourth-order valence-electron chi connectivity index (χ4n) is 2.62. The Labute approximate surface area is 171 Å². The molecule has 3 aromatic rings. The first kappa shape index (κ1) is 20.3. The van der Waals surface area contributed by atoms with Crippen molar-refractivity contribution < 1.29 is 19.0 Å². The highest BCUT2D eigenvalue weighted by molar-refractivity contribution is 5.91. The van der Waals surface area contributed by atoms with Crippen molar-refractivity contribution in [3.63, 3.8) is 0 Å². The average molecular weight is 391 g/mol. The highest BCUT2D eigenvalue weighted by Crippen LogP contribution is 2.18. The van der Waals surface area contributed by atoms with Crippen molar-refractivity contribution in [2.75, 3.05) is 25.1 Å². The first-order valence-electron chi connectivity index (χ1n) is 9.51. The maximum atomic E-state index is 12.1. The number of aryl methyl sites for hydroxylation is 2. The van der Waals surface area contributed by atoms with Gasteiger partial charge in [0.1, 0.15) is 30.5 Å². The van der Waals surface area contributed by atoms with Gasteiger partial charge in [0.05, 0.1) is 0 Å². The molecule has 29 heavy (non-hydrogen) atoms. The molecule has 0 spiro atoms. The minimum absolute atomic E-state index is 0.0441. The van der Waals surface area contributed by atoms with Gasteiger partial charge in [0, 0.05) is 5.69 Å². The minimum atomic E-state index is -0.215. The van der Waals surface area contributed by atoms with Crippen molar-refractivity contribution in [1.29, 1.82) is 0 Å². The highest BCUT2D eigenvalue weighted by Gasteiger charge is 2.05. The normalized spacial score (nSPS) is 10.3. The summed E-state index contributed by atoms with van der Waals surface area (Å²) in [4.78, 5) is 12.1. The molecule has 1 N–H and O–H groups in total. The molecule has 5 nitrogen and oxygen atoms in total. The van der Waals surface area contributed by atoms with Gasteiger partial charge >= 0.3 is 0 Å². The van der Waals surface area contributed by atoms with Crippen LogP contribution in [0.1, 0.15) is 11.1 Å². The predicted octanol–water partition coefficient (Wildman–Crippen LogP) is 4.78. The van der Waals surface area contributed by atoms with Crippen LogP contribution in [0.3, 0.4) is 0 Å². The van der Waals surface area contributed by atoms with Gasteiger partial charge in [-0.2, -0.15) is 0 Å². The molecule has 0 aliphatic carbocycles. The van der Waals surface area contributed by atoms with E-state index < -0.39 is 0 Å². The van der Waals surface area contributed by atoms with Crippen LogP contribution in [0, 0.1) is 13.8 Å². The van der Waals surface area contributed by atoms with Crippen LogP contribution in [0.15, 0.2) is 72.8 Å². The number of carbonyl (C=O) groups is 1. The Balaban J connectivity index is 1.39. The van der Waals surface area contributed by atoms with Gasteiger partial charge in [-0.05, 0) is 73.5 Å². The van der Waals surface area contributed by atoms with Gasteiger partial charge in [-0.25, -0.2) is 0 Å². The van der Waals surface area contributed by atoms with Crippen LogP contribution in [0.25, 0.3) is 0 Å². The van der Waals surface area contributed by atoms with E-state index in [0.717, 1.165) is 11.3 Å². The number of nitrogens with one attached hydrogen (secondary N) is 1. The molecule has 0 aromatic heterocycles. The average Bonchev–Trinajstić information content (AvgIpc) is 2.74. The van der Waals surface area contributed by atoms with E-state index in [9.17, 15) is 4.79 Å². The zero-order chi connectivity index (χ0) is 20.5. The lowest BCUT2D eigenvalue weighted by Crippen LogP contribution is -2.20. The lowest BCUT2D eigenvalue weighted by Gasteiger charge is -2.10. The largest absolute Gasteiger partial charge is 0.490 e. The van der Waals surface area contributed by atoms with E-state index in [1.807, 2.05) is 74.5 Å². The molecule has 3 rings (SSSR count). The van der Waals surface area contributed by atoms with E-state index in [4.69, 9.17) is 14.2 Å². The third kappa shape index (κ3) is 6.57. The van der Waals surface area contributed by atoms with Gasteiger partial charge in [0.25, 0.3) is 5.91 Å². The molecule has 1 amide bonds. The Morgan fingerprint density at radius 1 is 0.724 bits per heavy atom. The van der Waals surface area contributed by atoms with Crippen molar-refractivity contribution in [2.45, 2.75) is 13.8 Å². The number of ether oxygens (including phenoxy) is 3. The number of rotatable bonds is 9. The summed E-state index contributed by atoms with van der Waals surface area (Å²) >= 11 is 0. The standard InChI is InChI=1S/C24H25NO4/c1-18-8-11-23(16-19(18)2)29-17-24(26)25-20-9-12-22(13-10-20)28-15-14-27-21-6-4-3-5-7-21/h3-13,16H,14-15,17H2,1-2H3,(H,25,26). The van der Waals surface area contributed by atoms with E-state index in [1.165, 1.54) is 5.56 Å². The van der Waals surface area contributed by atoms with E-state index in [1.54, 1.807) is 12.1 Å². The van der Waals surface area contributed by atoms with Crippen LogP contribution in [0.2, 0.25) is 0 Å². The molecule has 3 aromatic carbocycles. The third-order valence-corrected chi connectivity index (χ3v) is 4.35. The summed E-state index contributed by atoms with van der Waals surface area (Å²) in [5, 5.41) is 2.81. The molecule has 0 unspecified atom stereocenters. The van der Waals surface area contributed by atoms with Gasteiger partial charge in [0.2, 0.25) is 0 Å². The first-order valence-corrected chi connectivity index (χ1v) is 9.51. The summed E-state index contributed by atoms with van der Waals surface area (Å²) in [6, 6.07) is 22.6. The van der Waals surface area contributed by atoms with Gasteiger partial charge < -0.3 is 19.5 Å². The van der Waals surface area contributed by atoms with Crippen molar-refractivity contribution >= 4 is 11.6 Å². The molecule has 0 aliphatic heterocycles. The van der Waals surface area contributed by atoms with Crippen LogP contribution >= 0.6 is 0 Å².